The summed E-state index contributed by atoms with van der Waals surface area (Å²) in [6.07, 6.45) is 0.461. The lowest BCUT2D eigenvalue weighted by molar-refractivity contribution is -0.387. The molecule has 7 heteroatoms. The highest BCUT2D eigenvalue weighted by Gasteiger charge is 2.22. The average Bonchev–Trinajstić information content (AvgIpc) is 2.75. The standard InChI is InChI=1S/C10H10F2N2O3/c11-7-4-10(17-6-1-2-13-5-6)8(12)3-9(7)14(15)16/h3-4,6,13H,1-2,5H2/t6-/m0/s1. The van der Waals surface area contributed by atoms with Crippen molar-refractivity contribution in [2.45, 2.75) is 12.5 Å². The molecule has 1 aliphatic rings. The molecule has 1 aromatic carbocycles. The molecule has 1 heterocycles. The molecule has 1 aromatic rings. The SMILES string of the molecule is O=[N+]([O-])c1cc(F)c(O[C@H]2CCNC2)cc1F. The lowest BCUT2D eigenvalue weighted by Crippen LogP contribution is -2.20. The molecule has 92 valence electrons. The second kappa shape index (κ2) is 4.62. The Kier molecular flexibility index (Phi) is 3.19. The Labute approximate surface area is 95.5 Å². The smallest absolute Gasteiger partial charge is 0.307 e. The van der Waals surface area contributed by atoms with E-state index in [9.17, 15) is 18.9 Å². The van der Waals surface area contributed by atoms with Gasteiger partial charge in [-0.05, 0) is 13.0 Å². The van der Waals surface area contributed by atoms with E-state index < -0.39 is 22.2 Å². The third kappa shape index (κ3) is 2.50. The van der Waals surface area contributed by atoms with Crippen molar-refractivity contribution in [3.05, 3.63) is 33.9 Å². The number of halogens is 2. The molecule has 0 amide bonds. The van der Waals surface area contributed by atoms with Crippen LogP contribution in [-0.2, 0) is 0 Å². The van der Waals surface area contributed by atoms with Gasteiger partial charge >= 0.3 is 5.69 Å². The zero-order valence-corrected chi connectivity index (χ0v) is 8.78. The van der Waals surface area contributed by atoms with Gasteiger partial charge in [-0.3, -0.25) is 10.1 Å². The quantitative estimate of drug-likeness (QED) is 0.648. The summed E-state index contributed by atoms with van der Waals surface area (Å²) in [6, 6.07) is 1.25. The first-order valence-electron chi connectivity index (χ1n) is 5.08. The molecular formula is C10H10F2N2O3. The first kappa shape index (κ1) is 11.7. The molecule has 1 aliphatic heterocycles. The third-order valence-electron chi connectivity index (χ3n) is 2.51. The average molecular weight is 244 g/mol. The molecule has 0 bridgehead atoms. The van der Waals surface area contributed by atoms with Gasteiger partial charge in [0.25, 0.3) is 0 Å². The van der Waals surface area contributed by atoms with Gasteiger partial charge in [-0.1, -0.05) is 0 Å². The maximum atomic E-state index is 13.4. The summed E-state index contributed by atoms with van der Waals surface area (Å²) in [5.41, 5.74) is -0.889. The van der Waals surface area contributed by atoms with Crippen LogP contribution >= 0.6 is 0 Å². The summed E-state index contributed by atoms with van der Waals surface area (Å²) in [5.74, 6) is -2.32. The largest absolute Gasteiger partial charge is 0.486 e. The topological polar surface area (TPSA) is 64.4 Å². The van der Waals surface area contributed by atoms with Crippen LogP contribution in [0.5, 0.6) is 5.75 Å². The van der Waals surface area contributed by atoms with E-state index in [1.807, 2.05) is 0 Å². The highest BCUT2D eigenvalue weighted by molar-refractivity contribution is 5.39. The molecule has 1 N–H and O–H groups in total. The molecule has 17 heavy (non-hydrogen) atoms. The minimum Gasteiger partial charge on any atom is -0.486 e. The molecule has 1 fully saturated rings. The first-order valence-corrected chi connectivity index (χ1v) is 5.08. The maximum absolute atomic E-state index is 13.4. The van der Waals surface area contributed by atoms with E-state index in [2.05, 4.69) is 5.32 Å². The van der Waals surface area contributed by atoms with E-state index in [-0.39, 0.29) is 11.9 Å². The van der Waals surface area contributed by atoms with Crippen LogP contribution in [0.4, 0.5) is 14.5 Å². The van der Waals surface area contributed by atoms with Gasteiger partial charge < -0.3 is 10.1 Å². The van der Waals surface area contributed by atoms with Crippen molar-refractivity contribution in [3.63, 3.8) is 0 Å². The number of nitro benzene ring substituents is 1. The fourth-order valence-electron chi connectivity index (χ4n) is 1.66. The van der Waals surface area contributed by atoms with Crippen LogP contribution < -0.4 is 10.1 Å². The van der Waals surface area contributed by atoms with E-state index in [4.69, 9.17) is 4.74 Å². The maximum Gasteiger partial charge on any atom is 0.307 e. The Morgan fingerprint density at radius 1 is 1.41 bits per heavy atom. The Morgan fingerprint density at radius 2 is 2.18 bits per heavy atom. The fraction of sp³-hybridized carbons (Fsp3) is 0.400. The van der Waals surface area contributed by atoms with Gasteiger partial charge in [0.05, 0.1) is 11.0 Å². The molecule has 0 radical (unpaired) electrons. The number of benzene rings is 1. The number of hydrogen-bond donors (Lipinski definition) is 1. The number of hydrogen-bond acceptors (Lipinski definition) is 4. The monoisotopic (exact) mass is 244 g/mol. The number of ether oxygens (including phenoxy) is 1. The van der Waals surface area contributed by atoms with Crippen LogP contribution in [0.2, 0.25) is 0 Å². The summed E-state index contributed by atoms with van der Waals surface area (Å²) >= 11 is 0. The molecule has 0 spiro atoms. The summed E-state index contributed by atoms with van der Waals surface area (Å²) in [7, 11) is 0. The van der Waals surface area contributed by atoms with Crippen molar-refractivity contribution in [2.75, 3.05) is 13.1 Å². The summed E-state index contributed by atoms with van der Waals surface area (Å²) in [4.78, 5) is 9.41. The van der Waals surface area contributed by atoms with Crippen molar-refractivity contribution in [1.82, 2.24) is 5.32 Å². The lowest BCUT2D eigenvalue weighted by Gasteiger charge is -2.12. The molecule has 1 atom stereocenters. The second-order valence-electron chi connectivity index (χ2n) is 3.72. The van der Waals surface area contributed by atoms with Crippen LogP contribution in [0.25, 0.3) is 0 Å². The Bertz CT molecular complexity index is 447. The van der Waals surface area contributed by atoms with Crippen molar-refractivity contribution in [2.24, 2.45) is 0 Å². The van der Waals surface area contributed by atoms with Crippen LogP contribution in [0.1, 0.15) is 6.42 Å². The zero-order chi connectivity index (χ0) is 12.4. The van der Waals surface area contributed by atoms with Crippen molar-refractivity contribution in [3.8, 4) is 5.75 Å². The van der Waals surface area contributed by atoms with Crippen molar-refractivity contribution >= 4 is 5.69 Å². The first-order chi connectivity index (χ1) is 8.08. The zero-order valence-electron chi connectivity index (χ0n) is 8.78. The van der Waals surface area contributed by atoms with Crippen molar-refractivity contribution in [1.29, 1.82) is 0 Å². The number of rotatable bonds is 3. The fourth-order valence-corrected chi connectivity index (χ4v) is 1.66. The predicted molar refractivity (Wildman–Crippen MR) is 54.9 cm³/mol. The Hall–Kier alpha value is -1.76. The van der Waals surface area contributed by atoms with Gasteiger partial charge in [-0.2, -0.15) is 4.39 Å². The van der Waals surface area contributed by atoms with Gasteiger partial charge in [-0.15, -0.1) is 0 Å². The van der Waals surface area contributed by atoms with Crippen LogP contribution in [-0.4, -0.2) is 24.1 Å². The Morgan fingerprint density at radius 3 is 2.76 bits per heavy atom. The molecule has 0 aliphatic carbocycles. The van der Waals surface area contributed by atoms with Gasteiger partial charge in [0, 0.05) is 12.6 Å². The van der Waals surface area contributed by atoms with E-state index in [0.29, 0.717) is 25.1 Å². The van der Waals surface area contributed by atoms with E-state index in [1.165, 1.54) is 0 Å². The molecule has 0 aromatic heterocycles. The molecule has 0 unspecified atom stereocenters. The summed E-state index contributed by atoms with van der Waals surface area (Å²) in [5, 5.41) is 13.4. The predicted octanol–water partition coefficient (Wildman–Crippen LogP) is 1.61. The third-order valence-corrected chi connectivity index (χ3v) is 2.51. The van der Waals surface area contributed by atoms with Gasteiger partial charge in [0.15, 0.2) is 11.6 Å². The lowest BCUT2D eigenvalue weighted by atomic mass is 10.2. The molecule has 5 nitrogen and oxygen atoms in total. The minimum absolute atomic E-state index is 0.231. The van der Waals surface area contributed by atoms with E-state index in [0.717, 1.165) is 6.54 Å². The second-order valence-corrected chi connectivity index (χ2v) is 3.72. The number of nitrogens with zero attached hydrogens (tertiary/aromatic N) is 1. The number of nitro groups is 1. The van der Waals surface area contributed by atoms with Crippen molar-refractivity contribution < 1.29 is 18.4 Å². The molecule has 1 saturated heterocycles. The summed E-state index contributed by atoms with van der Waals surface area (Å²) in [6.45, 7) is 1.31. The van der Waals surface area contributed by atoms with Gasteiger partial charge in [0.1, 0.15) is 6.10 Å². The van der Waals surface area contributed by atoms with E-state index >= 15 is 0 Å². The Balaban J connectivity index is 2.23. The summed E-state index contributed by atoms with van der Waals surface area (Å²) < 4.78 is 31.9. The van der Waals surface area contributed by atoms with Gasteiger partial charge in [0.2, 0.25) is 5.82 Å². The molecular weight excluding hydrogens is 234 g/mol. The molecule has 2 rings (SSSR count). The van der Waals surface area contributed by atoms with Crippen LogP contribution in [0, 0.1) is 21.7 Å². The highest BCUT2D eigenvalue weighted by atomic mass is 19.1. The minimum atomic E-state index is -1.10. The van der Waals surface area contributed by atoms with Crippen LogP contribution in [0.15, 0.2) is 12.1 Å². The van der Waals surface area contributed by atoms with E-state index in [1.54, 1.807) is 0 Å². The van der Waals surface area contributed by atoms with Crippen LogP contribution in [0.3, 0.4) is 0 Å². The number of nitrogens with one attached hydrogen (secondary N) is 1. The highest BCUT2D eigenvalue weighted by Crippen LogP contribution is 2.27. The van der Waals surface area contributed by atoms with Gasteiger partial charge in [-0.25, -0.2) is 4.39 Å². The molecule has 0 saturated carbocycles. The normalized spacial score (nSPS) is 19.3.